The van der Waals surface area contributed by atoms with Crippen molar-refractivity contribution in [1.82, 2.24) is 15.5 Å². The Balaban J connectivity index is 2.30. The monoisotopic (exact) mass is 557 g/mol. The summed E-state index contributed by atoms with van der Waals surface area (Å²) in [4.78, 5) is 52.8. The predicted octanol–water partition coefficient (Wildman–Crippen LogP) is 4.56. The van der Waals surface area contributed by atoms with E-state index in [1.54, 1.807) is 39.5 Å². The lowest BCUT2D eigenvalue weighted by Gasteiger charge is -2.29. The number of likely N-dealkylation sites (tertiary alicyclic amines) is 1. The molecule has 0 saturated carbocycles. The average Bonchev–Trinajstić information content (AvgIpc) is 3.33. The van der Waals surface area contributed by atoms with Gasteiger partial charge in [0.05, 0.1) is 12.0 Å². The standard InChI is InChI=1S/C31H47N3O6/c1-20(2)18-24(32-30(39)40-31(5,6)7)16-15-23(19-22-12-9-8-10-13-22)28(36)34-17-11-14-25(34)27(35)33-26(21(3)4)29(37)38/h8-10,12-13,15-16,20-21,23-26H,11,14,17-19H2,1-7H3,(H,32,39)(H,33,35)(H,37,38)/b16-15+/t23?,24-,25+,26-/m1/s1. The fourth-order valence-corrected chi connectivity index (χ4v) is 4.81. The fourth-order valence-electron chi connectivity index (χ4n) is 4.81. The number of nitrogens with one attached hydrogen (secondary N) is 2. The third-order valence-electron chi connectivity index (χ3n) is 6.69. The zero-order valence-corrected chi connectivity index (χ0v) is 25.0. The lowest BCUT2D eigenvalue weighted by Crippen LogP contribution is -2.53. The Labute approximate surface area is 238 Å². The summed E-state index contributed by atoms with van der Waals surface area (Å²) in [6.07, 6.45) is 5.35. The Morgan fingerprint density at radius 3 is 2.25 bits per heavy atom. The first-order valence-corrected chi connectivity index (χ1v) is 14.2. The van der Waals surface area contributed by atoms with Crippen LogP contribution in [0.1, 0.15) is 73.3 Å². The Morgan fingerprint density at radius 2 is 1.70 bits per heavy atom. The molecule has 1 aliphatic heterocycles. The number of carboxylic acid groups (broad SMARTS) is 1. The van der Waals surface area contributed by atoms with Crippen LogP contribution in [0.2, 0.25) is 0 Å². The van der Waals surface area contributed by atoms with Gasteiger partial charge in [-0.15, -0.1) is 0 Å². The first-order chi connectivity index (χ1) is 18.7. The molecule has 0 bridgehead atoms. The summed E-state index contributed by atoms with van der Waals surface area (Å²) in [6.45, 7) is 13.4. The predicted molar refractivity (Wildman–Crippen MR) is 155 cm³/mol. The van der Waals surface area contributed by atoms with Gasteiger partial charge in [-0.1, -0.05) is 70.2 Å². The van der Waals surface area contributed by atoms with E-state index in [1.807, 2.05) is 42.5 Å². The first-order valence-electron chi connectivity index (χ1n) is 14.2. The minimum atomic E-state index is -1.10. The van der Waals surface area contributed by atoms with Crippen LogP contribution < -0.4 is 10.6 Å². The molecule has 1 aromatic rings. The van der Waals surface area contributed by atoms with Gasteiger partial charge in [0.1, 0.15) is 17.7 Å². The van der Waals surface area contributed by atoms with Crippen molar-refractivity contribution in [1.29, 1.82) is 0 Å². The molecule has 9 nitrogen and oxygen atoms in total. The number of carbonyl (C=O) groups excluding carboxylic acids is 3. The Morgan fingerprint density at radius 1 is 1.05 bits per heavy atom. The molecular formula is C31H47N3O6. The molecule has 222 valence electrons. The molecule has 0 aliphatic carbocycles. The average molecular weight is 558 g/mol. The molecule has 1 saturated heterocycles. The van der Waals surface area contributed by atoms with Crippen molar-refractivity contribution in [3.63, 3.8) is 0 Å². The quantitative estimate of drug-likeness (QED) is 0.324. The van der Waals surface area contributed by atoms with Crippen LogP contribution in [0.5, 0.6) is 0 Å². The molecule has 1 aromatic carbocycles. The third-order valence-corrected chi connectivity index (χ3v) is 6.69. The lowest BCUT2D eigenvalue weighted by atomic mass is 9.94. The van der Waals surface area contributed by atoms with E-state index in [4.69, 9.17) is 4.74 Å². The number of nitrogens with zero attached hydrogens (tertiary/aromatic N) is 1. The number of hydrogen-bond acceptors (Lipinski definition) is 5. The number of ether oxygens (including phenoxy) is 1. The van der Waals surface area contributed by atoms with Crippen LogP contribution in [0, 0.1) is 17.8 Å². The number of carbonyl (C=O) groups is 4. The van der Waals surface area contributed by atoms with Gasteiger partial charge in [-0.25, -0.2) is 9.59 Å². The van der Waals surface area contributed by atoms with Gasteiger partial charge < -0.3 is 25.4 Å². The molecule has 0 radical (unpaired) electrons. The molecule has 9 heteroatoms. The van der Waals surface area contributed by atoms with Crippen molar-refractivity contribution in [3.8, 4) is 0 Å². The summed E-state index contributed by atoms with van der Waals surface area (Å²) in [5.41, 5.74) is 0.333. The Hall–Kier alpha value is -3.36. The van der Waals surface area contributed by atoms with Gasteiger partial charge in [-0.2, -0.15) is 0 Å². The molecule has 0 aromatic heterocycles. The fraction of sp³-hybridized carbons (Fsp3) is 0.613. The highest BCUT2D eigenvalue weighted by Gasteiger charge is 2.38. The second kappa shape index (κ2) is 14.9. The molecule has 1 heterocycles. The summed E-state index contributed by atoms with van der Waals surface area (Å²) in [6, 6.07) is 7.54. The largest absolute Gasteiger partial charge is 0.480 e. The van der Waals surface area contributed by atoms with Gasteiger partial charge in [0.2, 0.25) is 11.8 Å². The summed E-state index contributed by atoms with van der Waals surface area (Å²) < 4.78 is 5.44. The second-order valence-electron chi connectivity index (χ2n) is 12.3. The summed E-state index contributed by atoms with van der Waals surface area (Å²) in [7, 11) is 0. The van der Waals surface area contributed by atoms with Gasteiger partial charge >= 0.3 is 12.1 Å². The lowest BCUT2D eigenvalue weighted by molar-refractivity contribution is -0.145. The van der Waals surface area contributed by atoms with Crippen LogP contribution >= 0.6 is 0 Å². The maximum atomic E-state index is 13.9. The molecule has 3 N–H and O–H groups in total. The van der Waals surface area contributed by atoms with Crippen LogP contribution in [0.3, 0.4) is 0 Å². The number of carboxylic acids is 1. The minimum absolute atomic E-state index is 0.199. The van der Waals surface area contributed by atoms with E-state index in [0.717, 1.165) is 5.56 Å². The molecule has 1 fully saturated rings. The highest BCUT2D eigenvalue weighted by Crippen LogP contribution is 2.24. The Bertz CT molecular complexity index is 1030. The van der Waals surface area contributed by atoms with Crippen molar-refractivity contribution in [2.45, 2.75) is 97.9 Å². The zero-order valence-electron chi connectivity index (χ0n) is 25.0. The van der Waals surface area contributed by atoms with Crippen molar-refractivity contribution in [2.24, 2.45) is 17.8 Å². The molecule has 1 unspecified atom stereocenters. The van der Waals surface area contributed by atoms with Gasteiger partial charge in [0.15, 0.2) is 0 Å². The van der Waals surface area contributed by atoms with Gasteiger partial charge in [0, 0.05) is 6.54 Å². The molecule has 1 aliphatic rings. The first kappa shape index (κ1) is 32.8. The van der Waals surface area contributed by atoms with Crippen molar-refractivity contribution < 1.29 is 29.0 Å². The van der Waals surface area contributed by atoms with E-state index in [0.29, 0.717) is 32.2 Å². The number of alkyl carbamates (subject to hydrolysis) is 1. The van der Waals surface area contributed by atoms with E-state index < -0.39 is 41.6 Å². The molecular weight excluding hydrogens is 510 g/mol. The summed E-state index contributed by atoms with van der Waals surface area (Å²) >= 11 is 0. The topological polar surface area (TPSA) is 125 Å². The molecule has 3 amide bonds. The highest BCUT2D eigenvalue weighted by molar-refractivity contribution is 5.92. The van der Waals surface area contributed by atoms with E-state index in [1.165, 1.54) is 0 Å². The normalized spacial score (nSPS) is 18.0. The number of amides is 3. The van der Waals surface area contributed by atoms with Crippen LogP contribution in [-0.4, -0.2) is 64.2 Å². The van der Waals surface area contributed by atoms with Crippen LogP contribution in [0.15, 0.2) is 42.5 Å². The van der Waals surface area contributed by atoms with Crippen LogP contribution in [-0.2, 0) is 25.5 Å². The van der Waals surface area contributed by atoms with Crippen molar-refractivity contribution in [2.75, 3.05) is 6.54 Å². The third kappa shape index (κ3) is 10.7. The van der Waals surface area contributed by atoms with Crippen molar-refractivity contribution >= 4 is 23.9 Å². The number of aliphatic carboxylic acids is 1. The number of benzene rings is 1. The smallest absolute Gasteiger partial charge is 0.408 e. The van der Waals surface area contributed by atoms with Crippen LogP contribution in [0.25, 0.3) is 0 Å². The molecule has 2 rings (SSSR count). The minimum Gasteiger partial charge on any atom is -0.480 e. The molecule has 4 atom stereocenters. The number of hydrogen-bond donors (Lipinski definition) is 3. The van der Waals surface area contributed by atoms with E-state index in [9.17, 15) is 24.3 Å². The van der Waals surface area contributed by atoms with E-state index in [2.05, 4.69) is 24.5 Å². The number of rotatable bonds is 12. The molecule has 40 heavy (non-hydrogen) atoms. The van der Waals surface area contributed by atoms with Crippen LogP contribution in [0.4, 0.5) is 4.79 Å². The summed E-state index contributed by atoms with van der Waals surface area (Å²) in [5.74, 6) is -2.34. The second-order valence-corrected chi connectivity index (χ2v) is 12.3. The van der Waals surface area contributed by atoms with E-state index >= 15 is 0 Å². The van der Waals surface area contributed by atoms with Gasteiger partial charge in [-0.05, 0) is 63.9 Å². The highest BCUT2D eigenvalue weighted by atomic mass is 16.6. The van der Waals surface area contributed by atoms with Crippen molar-refractivity contribution in [3.05, 3.63) is 48.0 Å². The maximum Gasteiger partial charge on any atom is 0.408 e. The SMILES string of the molecule is CC(C)C[C@@H](/C=C/C(Cc1ccccc1)C(=O)N1CCC[C@H]1C(=O)N[C@@H](C(=O)O)C(C)C)NC(=O)OC(C)(C)C. The zero-order chi connectivity index (χ0) is 30.0. The summed E-state index contributed by atoms with van der Waals surface area (Å²) in [5, 5.41) is 15.1. The molecule has 0 spiro atoms. The Kier molecular flexibility index (Phi) is 12.2. The van der Waals surface area contributed by atoms with Gasteiger partial charge in [-0.3, -0.25) is 9.59 Å². The van der Waals surface area contributed by atoms with E-state index in [-0.39, 0.29) is 23.8 Å². The maximum absolute atomic E-state index is 13.9. The van der Waals surface area contributed by atoms with Gasteiger partial charge in [0.25, 0.3) is 0 Å².